The summed E-state index contributed by atoms with van der Waals surface area (Å²) < 4.78 is 23.4. The number of aromatic nitrogens is 2. The number of rotatable bonds is 3. The van der Waals surface area contributed by atoms with Crippen LogP contribution in [0.25, 0.3) is 11.0 Å². The first-order valence-corrected chi connectivity index (χ1v) is 4.97. The molecule has 0 bridgehead atoms. The van der Waals surface area contributed by atoms with Crippen molar-refractivity contribution in [3.63, 3.8) is 0 Å². The molecular weight excluding hydrogens is 225 g/mol. The number of ether oxygens (including phenoxy) is 2. The molecular formula is C11H12FN3O2. The maximum atomic E-state index is 13.3. The molecule has 90 valence electrons. The molecule has 0 aliphatic rings. The van der Waals surface area contributed by atoms with E-state index in [1.54, 1.807) is 0 Å². The molecule has 0 unspecified atom stereocenters. The molecule has 1 heterocycles. The van der Waals surface area contributed by atoms with Gasteiger partial charge in [0.15, 0.2) is 0 Å². The molecule has 0 saturated carbocycles. The van der Waals surface area contributed by atoms with Crippen LogP contribution in [0.1, 0.15) is 5.56 Å². The first-order chi connectivity index (χ1) is 8.19. The van der Waals surface area contributed by atoms with E-state index in [1.165, 1.54) is 26.4 Å². The van der Waals surface area contributed by atoms with Crippen LogP contribution in [-0.2, 0) is 6.54 Å². The van der Waals surface area contributed by atoms with Gasteiger partial charge in [0.2, 0.25) is 0 Å². The minimum Gasteiger partial charge on any atom is -0.477 e. The Bertz CT molecular complexity index is 560. The molecule has 0 amide bonds. The van der Waals surface area contributed by atoms with Crippen molar-refractivity contribution >= 4 is 11.0 Å². The molecule has 0 atom stereocenters. The largest absolute Gasteiger partial charge is 0.477 e. The number of methoxy groups -OCH3 is 2. The minimum atomic E-state index is -0.403. The number of halogens is 1. The van der Waals surface area contributed by atoms with Crippen molar-refractivity contribution in [2.24, 2.45) is 5.73 Å². The van der Waals surface area contributed by atoms with Crippen LogP contribution in [-0.4, -0.2) is 24.2 Å². The average Bonchev–Trinajstić information content (AvgIpc) is 2.35. The lowest BCUT2D eigenvalue weighted by atomic mass is 10.1. The van der Waals surface area contributed by atoms with Gasteiger partial charge < -0.3 is 15.2 Å². The van der Waals surface area contributed by atoms with E-state index in [1.807, 2.05) is 0 Å². The highest BCUT2D eigenvalue weighted by Crippen LogP contribution is 2.27. The van der Waals surface area contributed by atoms with Gasteiger partial charge in [-0.15, -0.1) is 0 Å². The lowest BCUT2D eigenvalue weighted by Gasteiger charge is -2.09. The highest BCUT2D eigenvalue weighted by atomic mass is 19.1. The summed E-state index contributed by atoms with van der Waals surface area (Å²) in [6, 6.07) is 2.62. The predicted molar refractivity (Wildman–Crippen MR) is 60.5 cm³/mol. The molecule has 17 heavy (non-hydrogen) atoms. The van der Waals surface area contributed by atoms with Crippen molar-refractivity contribution in [3.05, 3.63) is 23.5 Å². The SMILES string of the molecule is COc1nc2cc(F)cc(CN)c2nc1OC. The van der Waals surface area contributed by atoms with Crippen LogP contribution in [0.3, 0.4) is 0 Å². The van der Waals surface area contributed by atoms with Gasteiger partial charge in [0.05, 0.1) is 25.3 Å². The number of benzene rings is 1. The summed E-state index contributed by atoms with van der Waals surface area (Å²) in [5, 5.41) is 0. The lowest BCUT2D eigenvalue weighted by molar-refractivity contribution is 0.334. The van der Waals surface area contributed by atoms with Crippen molar-refractivity contribution in [2.45, 2.75) is 6.54 Å². The van der Waals surface area contributed by atoms with Crippen LogP contribution in [0.5, 0.6) is 11.8 Å². The third-order valence-corrected chi connectivity index (χ3v) is 2.36. The molecule has 2 N–H and O–H groups in total. The Hall–Kier alpha value is -1.95. The Balaban J connectivity index is 2.77. The van der Waals surface area contributed by atoms with Gasteiger partial charge in [0.1, 0.15) is 5.82 Å². The number of fused-ring (bicyclic) bond motifs is 1. The van der Waals surface area contributed by atoms with Crippen LogP contribution in [0.2, 0.25) is 0 Å². The molecule has 0 saturated heterocycles. The Labute approximate surface area is 97.4 Å². The zero-order chi connectivity index (χ0) is 12.4. The Morgan fingerprint density at radius 1 is 1.18 bits per heavy atom. The van der Waals surface area contributed by atoms with Crippen LogP contribution < -0.4 is 15.2 Å². The van der Waals surface area contributed by atoms with Gasteiger partial charge in [-0.1, -0.05) is 0 Å². The van der Waals surface area contributed by atoms with Gasteiger partial charge in [0.25, 0.3) is 11.8 Å². The smallest absolute Gasteiger partial charge is 0.278 e. The summed E-state index contributed by atoms with van der Waals surface area (Å²) in [4.78, 5) is 8.35. The van der Waals surface area contributed by atoms with E-state index in [2.05, 4.69) is 9.97 Å². The number of nitrogens with zero attached hydrogens (tertiary/aromatic N) is 2. The van der Waals surface area contributed by atoms with Crippen LogP contribution in [0.4, 0.5) is 4.39 Å². The van der Waals surface area contributed by atoms with Crippen molar-refractivity contribution in [3.8, 4) is 11.8 Å². The summed E-state index contributed by atoms with van der Waals surface area (Å²) >= 11 is 0. The topological polar surface area (TPSA) is 70.3 Å². The highest BCUT2D eigenvalue weighted by Gasteiger charge is 2.13. The summed E-state index contributed by atoms with van der Waals surface area (Å²) in [7, 11) is 2.91. The molecule has 0 spiro atoms. The van der Waals surface area contributed by atoms with E-state index in [-0.39, 0.29) is 18.3 Å². The molecule has 0 aliphatic carbocycles. The predicted octanol–water partition coefficient (Wildman–Crippen LogP) is 1.24. The highest BCUT2D eigenvalue weighted by molar-refractivity contribution is 5.79. The second kappa shape index (κ2) is 4.50. The van der Waals surface area contributed by atoms with Gasteiger partial charge >= 0.3 is 0 Å². The normalized spacial score (nSPS) is 10.6. The molecule has 6 heteroatoms. The van der Waals surface area contributed by atoms with Gasteiger partial charge in [-0.2, -0.15) is 0 Å². The molecule has 0 radical (unpaired) electrons. The van der Waals surface area contributed by atoms with E-state index in [0.717, 1.165) is 0 Å². The lowest BCUT2D eigenvalue weighted by Crippen LogP contribution is -2.03. The fourth-order valence-corrected chi connectivity index (χ4v) is 1.58. The second-order valence-corrected chi connectivity index (χ2v) is 3.38. The number of hydrogen-bond acceptors (Lipinski definition) is 5. The molecule has 2 aromatic rings. The molecule has 1 aromatic heterocycles. The maximum absolute atomic E-state index is 13.3. The molecule has 0 fully saturated rings. The van der Waals surface area contributed by atoms with Crippen molar-refractivity contribution in [1.82, 2.24) is 9.97 Å². The summed E-state index contributed by atoms with van der Waals surface area (Å²) in [5.41, 5.74) is 7.03. The molecule has 2 rings (SSSR count). The molecule has 0 aliphatic heterocycles. The fourth-order valence-electron chi connectivity index (χ4n) is 1.58. The number of hydrogen-bond donors (Lipinski definition) is 1. The average molecular weight is 237 g/mol. The van der Waals surface area contributed by atoms with Gasteiger partial charge in [-0.05, 0) is 11.6 Å². The van der Waals surface area contributed by atoms with Crippen molar-refractivity contribution in [2.75, 3.05) is 14.2 Å². The Morgan fingerprint density at radius 3 is 2.41 bits per heavy atom. The van der Waals surface area contributed by atoms with Crippen molar-refractivity contribution in [1.29, 1.82) is 0 Å². The first-order valence-electron chi connectivity index (χ1n) is 4.97. The zero-order valence-corrected chi connectivity index (χ0v) is 9.53. The Kier molecular flexibility index (Phi) is 3.06. The monoisotopic (exact) mass is 237 g/mol. The van der Waals surface area contributed by atoms with Gasteiger partial charge in [-0.3, -0.25) is 0 Å². The summed E-state index contributed by atoms with van der Waals surface area (Å²) in [5.74, 6) is 0.0642. The standard InChI is InChI=1S/C11H12FN3O2/c1-16-10-11(17-2)15-9-6(5-13)3-7(12)4-8(9)14-10/h3-4H,5,13H2,1-2H3. The summed E-state index contributed by atoms with van der Waals surface area (Å²) in [6.07, 6.45) is 0. The van der Waals surface area contributed by atoms with Crippen LogP contribution >= 0.6 is 0 Å². The zero-order valence-electron chi connectivity index (χ0n) is 9.53. The van der Waals surface area contributed by atoms with E-state index in [4.69, 9.17) is 15.2 Å². The minimum absolute atomic E-state index is 0.179. The molecule has 1 aromatic carbocycles. The van der Waals surface area contributed by atoms with Crippen LogP contribution in [0, 0.1) is 5.82 Å². The van der Waals surface area contributed by atoms with Gasteiger partial charge in [-0.25, -0.2) is 14.4 Å². The third kappa shape index (κ3) is 1.99. The Morgan fingerprint density at radius 2 is 1.82 bits per heavy atom. The van der Waals surface area contributed by atoms with E-state index >= 15 is 0 Å². The number of nitrogens with two attached hydrogens (primary N) is 1. The van der Waals surface area contributed by atoms with Crippen LogP contribution in [0.15, 0.2) is 12.1 Å². The quantitative estimate of drug-likeness (QED) is 0.869. The van der Waals surface area contributed by atoms with E-state index in [9.17, 15) is 4.39 Å². The van der Waals surface area contributed by atoms with Gasteiger partial charge in [0, 0.05) is 12.6 Å². The van der Waals surface area contributed by atoms with Crippen molar-refractivity contribution < 1.29 is 13.9 Å². The van der Waals surface area contributed by atoms with E-state index < -0.39 is 5.82 Å². The second-order valence-electron chi connectivity index (χ2n) is 3.38. The van der Waals surface area contributed by atoms with E-state index in [0.29, 0.717) is 16.6 Å². The summed E-state index contributed by atoms with van der Waals surface area (Å²) in [6.45, 7) is 0.179. The fraction of sp³-hybridized carbons (Fsp3) is 0.273. The third-order valence-electron chi connectivity index (χ3n) is 2.36. The maximum Gasteiger partial charge on any atom is 0.278 e. The first kappa shape index (κ1) is 11.5. The molecule has 5 nitrogen and oxygen atoms in total.